The molecule has 0 bridgehead atoms. The van der Waals surface area contributed by atoms with E-state index in [1.807, 2.05) is 13.8 Å². The molecule has 2 saturated heterocycles. The van der Waals surface area contributed by atoms with Crippen molar-refractivity contribution in [3.05, 3.63) is 0 Å². The van der Waals surface area contributed by atoms with Crippen LogP contribution in [0.4, 0.5) is 8.78 Å². The molecule has 5 N–H and O–H groups in total. The summed E-state index contributed by atoms with van der Waals surface area (Å²) >= 11 is 1.23. The highest BCUT2D eigenvalue weighted by Gasteiger charge is 2.47. The fourth-order valence-corrected chi connectivity index (χ4v) is 5.10. The van der Waals surface area contributed by atoms with Crippen LogP contribution >= 0.6 is 11.8 Å². The molecule has 2 aliphatic rings. The molecule has 8 atom stereocenters. The number of rotatable bonds is 9. The summed E-state index contributed by atoms with van der Waals surface area (Å²) in [5, 5.41) is 37.0. The van der Waals surface area contributed by atoms with E-state index < -0.39 is 47.9 Å². The van der Waals surface area contributed by atoms with Gasteiger partial charge in [0.2, 0.25) is 11.8 Å². The van der Waals surface area contributed by atoms with Crippen LogP contribution in [0, 0.1) is 11.8 Å². The topological polar surface area (TPSA) is 111 Å². The quantitative estimate of drug-likeness (QED) is 0.349. The van der Waals surface area contributed by atoms with Gasteiger partial charge in [0.05, 0.1) is 12.1 Å². The van der Waals surface area contributed by atoms with Gasteiger partial charge in [0.15, 0.2) is 0 Å². The Morgan fingerprint density at radius 2 is 1.94 bits per heavy atom. The highest BCUT2D eigenvalue weighted by atomic mass is 32.2. The first kappa shape index (κ1) is 26.7. The molecule has 31 heavy (non-hydrogen) atoms. The minimum Gasteiger partial charge on any atom is -0.388 e. The van der Waals surface area contributed by atoms with E-state index in [2.05, 4.69) is 10.6 Å². The third-order valence-electron chi connectivity index (χ3n) is 6.28. The number of hydrogen-bond acceptors (Lipinski definition) is 7. The number of piperidine rings is 1. The van der Waals surface area contributed by atoms with Gasteiger partial charge in [-0.15, -0.1) is 11.8 Å². The second-order valence-electron chi connectivity index (χ2n) is 9.31. The fraction of sp³-hybridized carbons (Fsp3) is 0.952. The number of alkyl halides is 2. The Labute approximate surface area is 187 Å². The molecule has 0 unspecified atom stereocenters. The zero-order valence-electron chi connectivity index (χ0n) is 18.8. The molecule has 0 spiro atoms. The Hall–Kier alpha value is -0.520. The zero-order valence-corrected chi connectivity index (χ0v) is 19.6. The summed E-state index contributed by atoms with van der Waals surface area (Å²) in [6.45, 7) is 5.33. The molecular weight excluding hydrogens is 430 g/mol. The number of hydrogen-bond donors (Lipinski definition) is 5. The number of thioether (sulfide) groups is 1. The summed E-state index contributed by atoms with van der Waals surface area (Å²) in [5.41, 5.74) is -0.713. The molecule has 0 aliphatic carbocycles. The highest BCUT2D eigenvalue weighted by Crippen LogP contribution is 2.31. The third-order valence-corrected chi connectivity index (χ3v) is 7.13. The Balaban J connectivity index is 1.98. The van der Waals surface area contributed by atoms with Crippen LogP contribution in [-0.4, -0.2) is 81.9 Å². The molecule has 0 saturated carbocycles. The van der Waals surface area contributed by atoms with Gasteiger partial charge in [-0.1, -0.05) is 20.3 Å². The first-order chi connectivity index (χ1) is 14.4. The summed E-state index contributed by atoms with van der Waals surface area (Å²) in [5.74, 6) is -2.80. The maximum atomic E-state index is 13.1. The molecule has 0 aromatic heterocycles. The van der Waals surface area contributed by atoms with Gasteiger partial charge in [0.25, 0.3) is 0 Å². The Morgan fingerprint density at radius 3 is 2.52 bits per heavy atom. The summed E-state index contributed by atoms with van der Waals surface area (Å²) in [4.78, 5) is 13.0. The number of aliphatic hydroxyl groups is 3. The molecule has 2 heterocycles. The van der Waals surface area contributed by atoms with Crippen LogP contribution in [0.15, 0.2) is 0 Å². The van der Waals surface area contributed by atoms with Crippen molar-refractivity contribution in [2.45, 2.75) is 101 Å². The predicted octanol–water partition coefficient (Wildman–Crippen LogP) is 1.49. The first-order valence-electron chi connectivity index (χ1n) is 11.1. The minimum atomic E-state index is -2.66. The number of nitrogens with one attached hydrogen (secondary N) is 2. The monoisotopic (exact) mass is 468 g/mol. The average Bonchev–Trinajstić information content (AvgIpc) is 2.70. The lowest BCUT2D eigenvalue weighted by Gasteiger charge is -2.44. The predicted molar refractivity (Wildman–Crippen MR) is 116 cm³/mol. The van der Waals surface area contributed by atoms with E-state index in [-0.39, 0.29) is 24.2 Å². The van der Waals surface area contributed by atoms with Gasteiger partial charge in [-0.3, -0.25) is 4.79 Å². The molecule has 0 aromatic carbocycles. The summed E-state index contributed by atoms with van der Waals surface area (Å²) in [7, 11) is 0. The normalized spacial score (nSPS) is 35.7. The fourth-order valence-electron chi connectivity index (χ4n) is 4.42. The molecule has 2 fully saturated rings. The van der Waals surface area contributed by atoms with Crippen LogP contribution in [0.3, 0.4) is 0 Å². The molecule has 0 radical (unpaired) electrons. The number of halogens is 2. The van der Waals surface area contributed by atoms with Crippen molar-refractivity contribution in [1.82, 2.24) is 10.6 Å². The van der Waals surface area contributed by atoms with Crippen molar-refractivity contribution < 1.29 is 33.6 Å². The molecule has 1 amide bonds. The molecule has 7 nitrogen and oxygen atoms in total. The zero-order chi connectivity index (χ0) is 23.3. The van der Waals surface area contributed by atoms with Gasteiger partial charge < -0.3 is 30.7 Å². The number of amides is 1. The van der Waals surface area contributed by atoms with Crippen molar-refractivity contribution in [3.8, 4) is 0 Å². The van der Waals surface area contributed by atoms with Crippen LogP contribution < -0.4 is 10.6 Å². The second-order valence-corrected chi connectivity index (χ2v) is 10.3. The SMILES string of the molecule is CS[C@H]1O[C@H]([C@H](NC(=O)[C@@H]2C[C@H](CCCC(C)(F)F)CCN2)C(C)C)[C@H](O)[C@H](O)[C@H]1O. The van der Waals surface area contributed by atoms with Crippen molar-refractivity contribution in [1.29, 1.82) is 0 Å². The van der Waals surface area contributed by atoms with Crippen molar-refractivity contribution >= 4 is 17.7 Å². The van der Waals surface area contributed by atoms with E-state index in [0.717, 1.165) is 13.3 Å². The largest absolute Gasteiger partial charge is 0.388 e. The second kappa shape index (κ2) is 11.6. The summed E-state index contributed by atoms with van der Waals surface area (Å²) in [6.07, 6.45) is -0.721. The van der Waals surface area contributed by atoms with Gasteiger partial charge >= 0.3 is 0 Å². The number of carbonyl (C=O) groups excluding carboxylic acids is 1. The lowest BCUT2D eigenvalue weighted by molar-refractivity contribution is -0.208. The smallest absolute Gasteiger partial charge is 0.245 e. The van der Waals surface area contributed by atoms with Crippen LogP contribution in [0.2, 0.25) is 0 Å². The van der Waals surface area contributed by atoms with E-state index in [4.69, 9.17) is 4.74 Å². The van der Waals surface area contributed by atoms with E-state index in [0.29, 0.717) is 25.8 Å². The number of aliphatic hydroxyl groups excluding tert-OH is 3. The maximum Gasteiger partial charge on any atom is 0.245 e. The average molecular weight is 469 g/mol. The van der Waals surface area contributed by atoms with Gasteiger partial charge in [0.1, 0.15) is 29.9 Å². The summed E-state index contributed by atoms with van der Waals surface area (Å²) in [6, 6.07) is -1.02. The van der Waals surface area contributed by atoms with Crippen LogP contribution in [0.1, 0.15) is 52.9 Å². The van der Waals surface area contributed by atoms with Crippen molar-refractivity contribution in [2.24, 2.45) is 11.8 Å². The van der Waals surface area contributed by atoms with Gasteiger partial charge in [0, 0.05) is 6.42 Å². The first-order valence-corrected chi connectivity index (χ1v) is 12.4. The van der Waals surface area contributed by atoms with Gasteiger partial charge in [-0.05, 0) is 50.8 Å². The lowest BCUT2D eigenvalue weighted by atomic mass is 9.86. The Bertz CT molecular complexity index is 578. The number of carbonyl (C=O) groups is 1. The van der Waals surface area contributed by atoms with Crippen LogP contribution in [0.5, 0.6) is 0 Å². The van der Waals surface area contributed by atoms with E-state index in [9.17, 15) is 28.9 Å². The van der Waals surface area contributed by atoms with Crippen LogP contribution in [0.25, 0.3) is 0 Å². The van der Waals surface area contributed by atoms with E-state index in [1.165, 1.54) is 11.8 Å². The minimum absolute atomic E-state index is 0.0975. The van der Waals surface area contributed by atoms with Crippen molar-refractivity contribution in [2.75, 3.05) is 12.8 Å². The molecular formula is C21H38F2N2O5S. The van der Waals surface area contributed by atoms with E-state index >= 15 is 0 Å². The number of ether oxygens (including phenoxy) is 1. The molecule has 0 aromatic rings. The summed E-state index contributed by atoms with van der Waals surface area (Å²) < 4.78 is 32.0. The standard InChI is InChI=1S/C21H38F2N2O5S/c1-11(2)14(18-16(27)15(26)17(28)20(30-18)31-4)25-19(29)13-10-12(7-9-24-13)6-5-8-21(3,22)23/h11-18,20,24,26-28H,5-10H2,1-4H3,(H,25,29)/t12-,13+,14-,15+,16-,17-,18-,20-/m1/s1. The molecule has 10 heteroatoms. The third kappa shape index (κ3) is 7.50. The van der Waals surface area contributed by atoms with Crippen LogP contribution in [-0.2, 0) is 9.53 Å². The maximum absolute atomic E-state index is 13.1. The Kier molecular flexibility index (Phi) is 9.97. The van der Waals surface area contributed by atoms with Gasteiger partial charge in [-0.25, -0.2) is 8.78 Å². The van der Waals surface area contributed by atoms with Crippen molar-refractivity contribution in [3.63, 3.8) is 0 Å². The van der Waals surface area contributed by atoms with E-state index in [1.54, 1.807) is 6.26 Å². The lowest BCUT2D eigenvalue weighted by Crippen LogP contribution is -2.65. The molecule has 2 aliphatic heterocycles. The highest BCUT2D eigenvalue weighted by molar-refractivity contribution is 7.99. The van der Waals surface area contributed by atoms with Gasteiger partial charge in [-0.2, -0.15) is 0 Å². The molecule has 182 valence electrons. The molecule has 2 rings (SSSR count). The Morgan fingerprint density at radius 1 is 1.26 bits per heavy atom.